The van der Waals surface area contributed by atoms with Crippen molar-refractivity contribution < 1.29 is 8.42 Å². The monoisotopic (exact) mass is 301 g/mol. The van der Waals surface area contributed by atoms with Gasteiger partial charge in [0.1, 0.15) is 0 Å². The molecule has 0 aliphatic rings. The van der Waals surface area contributed by atoms with Crippen molar-refractivity contribution in [2.24, 2.45) is 0 Å². The molecule has 1 aromatic heterocycles. The van der Waals surface area contributed by atoms with Crippen LogP contribution in [0.3, 0.4) is 0 Å². The van der Waals surface area contributed by atoms with Crippen LogP contribution in [0.5, 0.6) is 0 Å². The van der Waals surface area contributed by atoms with E-state index in [9.17, 15) is 8.42 Å². The van der Waals surface area contributed by atoms with E-state index >= 15 is 0 Å². The summed E-state index contributed by atoms with van der Waals surface area (Å²) < 4.78 is 25.1. The second-order valence-corrected chi connectivity index (χ2v) is 7.41. The van der Waals surface area contributed by atoms with Gasteiger partial charge in [0.05, 0.1) is 18.5 Å². The largest absolute Gasteiger partial charge is 0.310 e. The molecule has 0 bridgehead atoms. The highest BCUT2D eigenvalue weighted by molar-refractivity contribution is 7.91. The van der Waals surface area contributed by atoms with Crippen molar-refractivity contribution in [3.8, 4) is 0 Å². The Bertz CT molecular complexity index is 482. The number of hydrogen-bond donors (Lipinski definition) is 1. The predicted molar refractivity (Wildman–Crippen MR) is 82.5 cm³/mol. The van der Waals surface area contributed by atoms with E-state index in [1.165, 1.54) is 0 Å². The number of aromatic nitrogens is 2. The fourth-order valence-corrected chi connectivity index (χ4v) is 3.44. The molecule has 6 heteroatoms. The molecule has 116 valence electrons. The Hall–Kier alpha value is -0.880. The van der Waals surface area contributed by atoms with Crippen molar-refractivity contribution in [3.63, 3.8) is 0 Å². The van der Waals surface area contributed by atoms with Crippen LogP contribution in [0, 0.1) is 0 Å². The van der Waals surface area contributed by atoms with E-state index in [1.807, 2.05) is 19.3 Å². The van der Waals surface area contributed by atoms with E-state index < -0.39 is 9.84 Å². The molecule has 0 aliphatic carbocycles. The lowest BCUT2D eigenvalue weighted by Gasteiger charge is -2.14. The van der Waals surface area contributed by atoms with Crippen LogP contribution in [0.25, 0.3) is 0 Å². The molecule has 1 heterocycles. The standard InChI is InChI=1S/C14H27N3O2S/c1-4-7-15-14(6-3)13-11-16-17(12-13)8-10-20(18,19)9-5-2/h11-12,14-15H,4-10H2,1-3H3. The second-order valence-electron chi connectivity index (χ2n) is 5.10. The highest BCUT2D eigenvalue weighted by Crippen LogP contribution is 2.15. The molecule has 0 fully saturated rings. The van der Waals surface area contributed by atoms with Crippen LogP contribution in [0.15, 0.2) is 12.4 Å². The van der Waals surface area contributed by atoms with Crippen molar-refractivity contribution in [2.75, 3.05) is 18.1 Å². The maximum absolute atomic E-state index is 11.7. The summed E-state index contributed by atoms with van der Waals surface area (Å²) in [6.07, 6.45) is 6.56. The summed E-state index contributed by atoms with van der Waals surface area (Å²) in [5, 5.41) is 7.74. The molecule has 1 rings (SSSR count). The maximum atomic E-state index is 11.7. The van der Waals surface area contributed by atoms with E-state index in [0.717, 1.165) is 24.9 Å². The van der Waals surface area contributed by atoms with Crippen LogP contribution in [0.2, 0.25) is 0 Å². The first-order valence-electron chi connectivity index (χ1n) is 7.48. The van der Waals surface area contributed by atoms with Gasteiger partial charge in [0.15, 0.2) is 9.84 Å². The Kier molecular flexibility index (Phi) is 7.23. The third-order valence-electron chi connectivity index (χ3n) is 3.25. The lowest BCUT2D eigenvalue weighted by atomic mass is 10.1. The second kappa shape index (κ2) is 8.42. The predicted octanol–water partition coefficient (Wildman–Crippen LogP) is 2.16. The molecule has 0 amide bonds. The van der Waals surface area contributed by atoms with Crippen molar-refractivity contribution in [1.82, 2.24) is 15.1 Å². The van der Waals surface area contributed by atoms with Crippen molar-refractivity contribution >= 4 is 9.84 Å². The molecular formula is C14H27N3O2S. The maximum Gasteiger partial charge on any atom is 0.152 e. The zero-order valence-corrected chi connectivity index (χ0v) is 13.6. The number of sulfone groups is 1. The molecule has 1 aromatic rings. The zero-order valence-electron chi connectivity index (χ0n) is 12.8. The molecular weight excluding hydrogens is 274 g/mol. The van der Waals surface area contributed by atoms with E-state index in [2.05, 4.69) is 24.3 Å². The van der Waals surface area contributed by atoms with Gasteiger partial charge in [-0.25, -0.2) is 8.42 Å². The van der Waals surface area contributed by atoms with Gasteiger partial charge in [-0.2, -0.15) is 5.10 Å². The molecule has 0 radical (unpaired) electrons. The number of hydrogen-bond acceptors (Lipinski definition) is 4. The molecule has 20 heavy (non-hydrogen) atoms. The van der Waals surface area contributed by atoms with E-state index in [0.29, 0.717) is 19.0 Å². The summed E-state index contributed by atoms with van der Waals surface area (Å²) in [6, 6.07) is 0.302. The Morgan fingerprint density at radius 3 is 2.60 bits per heavy atom. The summed E-state index contributed by atoms with van der Waals surface area (Å²) in [5.41, 5.74) is 1.13. The third kappa shape index (κ3) is 5.63. The third-order valence-corrected chi connectivity index (χ3v) is 5.09. The minimum atomic E-state index is -2.94. The topological polar surface area (TPSA) is 64.0 Å². The molecule has 5 nitrogen and oxygen atoms in total. The molecule has 1 atom stereocenters. The fraction of sp³-hybridized carbons (Fsp3) is 0.786. The van der Waals surface area contributed by atoms with Gasteiger partial charge < -0.3 is 5.32 Å². The van der Waals surface area contributed by atoms with Gasteiger partial charge >= 0.3 is 0 Å². The number of rotatable bonds is 10. The normalized spacial score (nSPS) is 13.6. The van der Waals surface area contributed by atoms with E-state index in [-0.39, 0.29) is 11.5 Å². The quantitative estimate of drug-likeness (QED) is 0.719. The number of nitrogens with one attached hydrogen (secondary N) is 1. The lowest BCUT2D eigenvalue weighted by molar-refractivity contribution is 0.517. The highest BCUT2D eigenvalue weighted by atomic mass is 32.2. The van der Waals surface area contributed by atoms with Crippen LogP contribution in [0.4, 0.5) is 0 Å². The molecule has 0 saturated carbocycles. The van der Waals surface area contributed by atoms with Gasteiger partial charge in [0, 0.05) is 23.6 Å². The molecule has 1 unspecified atom stereocenters. The fourth-order valence-electron chi connectivity index (χ4n) is 2.14. The highest BCUT2D eigenvalue weighted by Gasteiger charge is 2.13. The van der Waals surface area contributed by atoms with Crippen molar-refractivity contribution in [2.45, 2.75) is 52.6 Å². The molecule has 0 saturated heterocycles. The lowest BCUT2D eigenvalue weighted by Crippen LogP contribution is -2.21. The summed E-state index contributed by atoms with van der Waals surface area (Å²) >= 11 is 0. The van der Waals surface area contributed by atoms with Gasteiger partial charge in [-0.05, 0) is 25.8 Å². The van der Waals surface area contributed by atoms with Gasteiger partial charge in [-0.3, -0.25) is 4.68 Å². The van der Waals surface area contributed by atoms with Crippen LogP contribution in [-0.4, -0.2) is 36.2 Å². The summed E-state index contributed by atoms with van der Waals surface area (Å²) in [6.45, 7) is 7.58. The van der Waals surface area contributed by atoms with Gasteiger partial charge in [0.25, 0.3) is 0 Å². The summed E-state index contributed by atoms with van der Waals surface area (Å²) in [4.78, 5) is 0. The van der Waals surface area contributed by atoms with E-state index in [1.54, 1.807) is 4.68 Å². The Morgan fingerprint density at radius 2 is 2.00 bits per heavy atom. The minimum absolute atomic E-state index is 0.168. The first-order chi connectivity index (χ1) is 9.52. The van der Waals surface area contributed by atoms with Gasteiger partial charge in [0.2, 0.25) is 0 Å². The van der Waals surface area contributed by atoms with E-state index in [4.69, 9.17) is 0 Å². The number of nitrogens with zero attached hydrogens (tertiary/aromatic N) is 2. The van der Waals surface area contributed by atoms with Crippen molar-refractivity contribution in [1.29, 1.82) is 0 Å². The summed E-state index contributed by atoms with van der Waals surface area (Å²) in [5.74, 6) is 0.428. The molecule has 0 aliphatic heterocycles. The van der Waals surface area contributed by atoms with Gasteiger partial charge in [-0.15, -0.1) is 0 Å². The van der Waals surface area contributed by atoms with Crippen LogP contribution >= 0.6 is 0 Å². The minimum Gasteiger partial charge on any atom is -0.310 e. The Balaban J connectivity index is 2.58. The molecule has 0 spiro atoms. The zero-order chi connectivity index (χ0) is 15.0. The first kappa shape index (κ1) is 17.2. The van der Waals surface area contributed by atoms with Crippen LogP contribution in [-0.2, 0) is 16.4 Å². The first-order valence-corrected chi connectivity index (χ1v) is 9.30. The van der Waals surface area contributed by atoms with Crippen LogP contribution < -0.4 is 5.32 Å². The van der Waals surface area contributed by atoms with Crippen molar-refractivity contribution in [3.05, 3.63) is 18.0 Å². The SMILES string of the molecule is CCCNC(CC)c1cnn(CCS(=O)(=O)CCC)c1. The summed E-state index contributed by atoms with van der Waals surface area (Å²) in [7, 11) is -2.94. The average molecular weight is 301 g/mol. The Morgan fingerprint density at radius 1 is 1.25 bits per heavy atom. The Labute approximate surface area is 122 Å². The molecule has 1 N–H and O–H groups in total. The smallest absolute Gasteiger partial charge is 0.152 e. The van der Waals surface area contributed by atoms with Gasteiger partial charge in [-0.1, -0.05) is 20.8 Å². The van der Waals surface area contributed by atoms with Crippen LogP contribution in [0.1, 0.15) is 51.6 Å². The molecule has 0 aromatic carbocycles. The average Bonchev–Trinajstić information content (AvgIpc) is 2.86. The number of aryl methyl sites for hydroxylation is 1.